The first-order valence-corrected chi connectivity index (χ1v) is 13.1. The number of benzene rings is 3. The van der Waals surface area contributed by atoms with Crippen LogP contribution in [-0.2, 0) is 16.0 Å². The number of hydrogen-bond donors (Lipinski definition) is 1. The molecule has 0 radical (unpaired) electrons. The summed E-state index contributed by atoms with van der Waals surface area (Å²) < 4.78 is 13.2. The van der Waals surface area contributed by atoms with Gasteiger partial charge in [0.2, 0.25) is 5.90 Å². The minimum Gasteiger partial charge on any atom is -0.494 e. The highest BCUT2D eigenvalue weighted by atomic mass is 79.9. The molecule has 3 aromatic rings. The molecule has 1 N–H and O–H groups in total. The number of aliphatic hydroxyl groups is 1. The van der Waals surface area contributed by atoms with Crippen LogP contribution in [0.5, 0.6) is 5.75 Å². The van der Waals surface area contributed by atoms with Crippen LogP contribution < -0.4 is 9.64 Å². The summed E-state index contributed by atoms with van der Waals surface area (Å²) in [6.45, 7) is 3.23. The van der Waals surface area contributed by atoms with Crippen LogP contribution in [0.3, 0.4) is 0 Å². The van der Waals surface area contributed by atoms with Crippen molar-refractivity contribution in [1.82, 2.24) is 0 Å². The SMILES string of the molecule is CCCN1C(=O)[C@@]2(Cc3ccccc3Br)N=C(c3ccc(OCCCO)cc3)O[C@H]2c2ccccc21. The van der Waals surface area contributed by atoms with Crippen molar-refractivity contribution in [2.45, 2.75) is 37.8 Å². The van der Waals surface area contributed by atoms with Gasteiger partial charge in [0.25, 0.3) is 5.91 Å². The fraction of sp³-hybridized carbons (Fsp3) is 0.310. The van der Waals surface area contributed by atoms with E-state index < -0.39 is 11.6 Å². The average molecular weight is 549 g/mol. The third-order valence-corrected chi connectivity index (χ3v) is 7.40. The van der Waals surface area contributed by atoms with Crippen LogP contribution in [-0.4, -0.2) is 42.2 Å². The lowest BCUT2D eigenvalue weighted by atomic mass is 9.78. The third kappa shape index (κ3) is 4.42. The number of nitrogens with zero attached hydrogens (tertiary/aromatic N) is 2. The lowest BCUT2D eigenvalue weighted by molar-refractivity contribution is -0.127. The number of halogens is 1. The van der Waals surface area contributed by atoms with Gasteiger partial charge in [-0.3, -0.25) is 4.79 Å². The number of aliphatic hydroxyl groups excluding tert-OH is 1. The zero-order chi connectivity index (χ0) is 25.1. The molecule has 0 aliphatic carbocycles. The van der Waals surface area contributed by atoms with Crippen molar-refractivity contribution in [3.8, 4) is 5.75 Å². The number of carbonyl (C=O) groups is 1. The Balaban J connectivity index is 1.58. The summed E-state index contributed by atoms with van der Waals surface area (Å²) in [4.78, 5) is 21.2. The zero-order valence-electron chi connectivity index (χ0n) is 20.2. The molecule has 1 amide bonds. The Labute approximate surface area is 219 Å². The molecule has 2 atom stereocenters. The van der Waals surface area contributed by atoms with Gasteiger partial charge in [0.1, 0.15) is 5.75 Å². The smallest absolute Gasteiger partial charge is 0.259 e. The first-order chi connectivity index (χ1) is 17.6. The highest BCUT2D eigenvalue weighted by molar-refractivity contribution is 9.10. The van der Waals surface area contributed by atoms with Gasteiger partial charge in [0, 0.05) is 41.6 Å². The van der Waals surface area contributed by atoms with Crippen LogP contribution >= 0.6 is 15.9 Å². The maximum atomic E-state index is 14.3. The number of ether oxygens (including phenoxy) is 2. The molecule has 5 rings (SSSR count). The van der Waals surface area contributed by atoms with E-state index in [9.17, 15) is 4.79 Å². The number of amides is 1. The highest BCUT2D eigenvalue weighted by Gasteiger charge is 2.58. The molecule has 3 aromatic carbocycles. The Hall–Kier alpha value is -3.16. The molecule has 2 aliphatic heterocycles. The van der Waals surface area contributed by atoms with Gasteiger partial charge in [-0.05, 0) is 48.4 Å². The Morgan fingerprint density at radius 2 is 1.83 bits per heavy atom. The van der Waals surface area contributed by atoms with Gasteiger partial charge >= 0.3 is 0 Å². The first-order valence-electron chi connectivity index (χ1n) is 12.3. The fourth-order valence-electron chi connectivity index (χ4n) is 4.92. The van der Waals surface area contributed by atoms with Crippen LogP contribution in [0, 0.1) is 0 Å². The van der Waals surface area contributed by atoms with E-state index in [0.717, 1.165) is 33.3 Å². The van der Waals surface area contributed by atoms with Crippen LogP contribution in [0.2, 0.25) is 0 Å². The second kappa shape index (κ2) is 10.4. The molecule has 6 nitrogen and oxygen atoms in total. The maximum Gasteiger partial charge on any atom is 0.259 e. The molecule has 0 saturated carbocycles. The Morgan fingerprint density at radius 1 is 1.08 bits per heavy atom. The molecule has 0 fully saturated rings. The summed E-state index contributed by atoms with van der Waals surface area (Å²) in [7, 11) is 0. The summed E-state index contributed by atoms with van der Waals surface area (Å²) >= 11 is 3.66. The molecule has 186 valence electrons. The highest BCUT2D eigenvalue weighted by Crippen LogP contribution is 2.50. The van der Waals surface area contributed by atoms with Crippen molar-refractivity contribution in [3.63, 3.8) is 0 Å². The molecule has 0 saturated heterocycles. The van der Waals surface area contributed by atoms with Gasteiger partial charge in [0.15, 0.2) is 11.6 Å². The van der Waals surface area contributed by atoms with Crippen molar-refractivity contribution >= 4 is 33.4 Å². The molecule has 36 heavy (non-hydrogen) atoms. The lowest BCUT2D eigenvalue weighted by Gasteiger charge is -2.41. The van der Waals surface area contributed by atoms with Crippen molar-refractivity contribution < 1.29 is 19.4 Å². The quantitative estimate of drug-likeness (QED) is 0.360. The summed E-state index contributed by atoms with van der Waals surface area (Å²) in [6.07, 6.45) is 1.30. The van der Waals surface area contributed by atoms with Gasteiger partial charge in [-0.1, -0.05) is 59.3 Å². The number of aliphatic imine (C=N–C) groups is 1. The number of anilines is 1. The fourth-order valence-corrected chi connectivity index (χ4v) is 5.35. The van der Waals surface area contributed by atoms with Gasteiger partial charge in [0.05, 0.1) is 12.3 Å². The molecule has 0 unspecified atom stereocenters. The van der Waals surface area contributed by atoms with Gasteiger partial charge in [-0.15, -0.1) is 0 Å². The van der Waals surface area contributed by atoms with Gasteiger partial charge in [-0.2, -0.15) is 0 Å². The van der Waals surface area contributed by atoms with E-state index in [1.807, 2.05) is 77.7 Å². The van der Waals surface area contributed by atoms with Crippen LogP contribution in [0.15, 0.2) is 82.3 Å². The molecule has 0 aromatic heterocycles. The Bertz CT molecular complexity index is 1280. The number of carbonyl (C=O) groups excluding carboxylic acids is 1. The predicted molar refractivity (Wildman–Crippen MR) is 144 cm³/mol. The number of rotatable bonds is 9. The van der Waals surface area contributed by atoms with Crippen LogP contribution in [0.25, 0.3) is 0 Å². The van der Waals surface area contributed by atoms with E-state index >= 15 is 0 Å². The monoisotopic (exact) mass is 548 g/mol. The zero-order valence-corrected chi connectivity index (χ0v) is 21.8. The van der Waals surface area contributed by atoms with Gasteiger partial charge < -0.3 is 19.5 Å². The molecule has 2 heterocycles. The number of para-hydroxylation sites is 1. The molecule has 7 heteroatoms. The topological polar surface area (TPSA) is 71.4 Å². The summed E-state index contributed by atoms with van der Waals surface area (Å²) in [5, 5.41) is 8.98. The standard InChI is InChI=1S/C29H29BrN2O4/c1-2-16-32-25-11-6-4-9-23(25)26-29(28(32)34,19-21-8-3-5-10-24(21)30)31-27(36-26)20-12-14-22(15-13-20)35-18-7-17-33/h3-6,8-15,26,33H,2,7,16-19H2,1H3/t26-,29-/m0/s1. The van der Waals surface area contributed by atoms with Crippen molar-refractivity contribution in [2.24, 2.45) is 4.99 Å². The van der Waals surface area contributed by atoms with Crippen molar-refractivity contribution in [1.29, 1.82) is 0 Å². The van der Waals surface area contributed by atoms with Gasteiger partial charge in [-0.25, -0.2) is 4.99 Å². The minimum atomic E-state index is -1.11. The lowest BCUT2D eigenvalue weighted by Crippen LogP contribution is -2.55. The molecular weight excluding hydrogens is 520 g/mol. The second-order valence-electron chi connectivity index (χ2n) is 9.07. The summed E-state index contributed by atoms with van der Waals surface area (Å²) in [5.41, 5.74) is 2.55. The van der Waals surface area contributed by atoms with Crippen LogP contribution in [0.4, 0.5) is 5.69 Å². The molecule has 2 aliphatic rings. The third-order valence-electron chi connectivity index (χ3n) is 6.63. The van der Waals surface area contributed by atoms with Crippen LogP contribution in [0.1, 0.15) is 42.6 Å². The van der Waals surface area contributed by atoms with Crippen molar-refractivity contribution in [2.75, 3.05) is 24.7 Å². The van der Waals surface area contributed by atoms with E-state index in [-0.39, 0.29) is 12.5 Å². The Morgan fingerprint density at radius 3 is 2.58 bits per heavy atom. The van der Waals surface area contributed by atoms with E-state index in [1.54, 1.807) is 0 Å². The van der Waals surface area contributed by atoms with E-state index in [1.165, 1.54) is 0 Å². The summed E-state index contributed by atoms with van der Waals surface area (Å²) in [6, 6.07) is 23.5. The average Bonchev–Trinajstić information content (AvgIpc) is 3.29. The second-order valence-corrected chi connectivity index (χ2v) is 9.93. The van der Waals surface area contributed by atoms with E-state index in [0.29, 0.717) is 37.6 Å². The largest absolute Gasteiger partial charge is 0.494 e. The first kappa shape index (κ1) is 24.5. The number of fused-ring (bicyclic) bond motifs is 3. The molecule has 0 spiro atoms. The van der Waals surface area contributed by atoms with Crippen molar-refractivity contribution in [3.05, 3.63) is 94.0 Å². The van der Waals surface area contributed by atoms with E-state index in [2.05, 4.69) is 22.9 Å². The maximum absolute atomic E-state index is 14.3. The predicted octanol–water partition coefficient (Wildman–Crippen LogP) is 5.47. The number of hydrogen-bond acceptors (Lipinski definition) is 5. The molecular formula is C29H29BrN2O4. The molecule has 0 bridgehead atoms. The normalized spacial score (nSPS) is 20.4. The minimum absolute atomic E-state index is 0.0391. The summed E-state index contributed by atoms with van der Waals surface area (Å²) in [5.74, 6) is 1.12. The Kier molecular flexibility index (Phi) is 7.12. The van der Waals surface area contributed by atoms with E-state index in [4.69, 9.17) is 19.6 Å².